The van der Waals surface area contributed by atoms with Crippen LogP contribution in [0.2, 0.25) is 0 Å². The first-order chi connectivity index (χ1) is 11.9. The molecule has 25 heavy (non-hydrogen) atoms. The molecule has 2 aliphatic heterocycles. The quantitative estimate of drug-likeness (QED) is 0.886. The van der Waals surface area contributed by atoms with Crippen molar-refractivity contribution in [1.29, 1.82) is 0 Å². The van der Waals surface area contributed by atoms with Crippen LogP contribution in [0.4, 0.5) is 11.8 Å². The average Bonchev–Trinajstić information content (AvgIpc) is 3.16. The predicted octanol–water partition coefficient (Wildman–Crippen LogP) is 3.92. The lowest BCUT2D eigenvalue weighted by atomic mass is 9.82. The summed E-state index contributed by atoms with van der Waals surface area (Å²) in [6.07, 6.45) is 5.51. The molecule has 2 aromatic rings. The molecule has 0 aliphatic carbocycles. The van der Waals surface area contributed by atoms with E-state index in [0.717, 1.165) is 37.7 Å². The van der Waals surface area contributed by atoms with Gasteiger partial charge >= 0.3 is 0 Å². The van der Waals surface area contributed by atoms with Gasteiger partial charge in [-0.25, -0.2) is 9.97 Å². The van der Waals surface area contributed by atoms with Crippen molar-refractivity contribution in [3.05, 3.63) is 35.3 Å². The molecule has 134 valence electrons. The van der Waals surface area contributed by atoms with Crippen LogP contribution in [0.1, 0.15) is 63.4 Å². The van der Waals surface area contributed by atoms with E-state index in [1.165, 1.54) is 23.4 Å². The average molecular weight is 339 g/mol. The van der Waals surface area contributed by atoms with Gasteiger partial charge in [0.2, 0.25) is 5.95 Å². The summed E-state index contributed by atoms with van der Waals surface area (Å²) in [6.45, 7) is 11.1. The van der Waals surface area contributed by atoms with Crippen molar-refractivity contribution in [2.75, 3.05) is 17.2 Å². The molecule has 4 heterocycles. The molecule has 0 spiro atoms. The standard InChI is InChI=1S/C20H29N5/c1-13(2)16-7-6-14-10-15(22-18(14)23-16)11-20(3,4)17-12-25-9-5-8-21-19(25)24-17/h6-7,12-13,15H,5,8-11H2,1-4H3,(H,21,24)(H,22,23). The van der Waals surface area contributed by atoms with Crippen molar-refractivity contribution in [1.82, 2.24) is 14.5 Å². The molecule has 4 rings (SSSR count). The van der Waals surface area contributed by atoms with Gasteiger partial charge in [0.1, 0.15) is 5.82 Å². The molecule has 2 aromatic heterocycles. The zero-order chi connectivity index (χ0) is 17.6. The number of hydrogen-bond acceptors (Lipinski definition) is 4. The molecule has 0 aromatic carbocycles. The third kappa shape index (κ3) is 3.12. The van der Waals surface area contributed by atoms with Crippen LogP contribution in [-0.4, -0.2) is 27.1 Å². The fraction of sp³-hybridized carbons (Fsp3) is 0.600. The third-order valence-electron chi connectivity index (χ3n) is 5.48. The van der Waals surface area contributed by atoms with Crippen molar-refractivity contribution in [2.24, 2.45) is 0 Å². The first kappa shape index (κ1) is 16.4. The third-order valence-corrected chi connectivity index (χ3v) is 5.48. The Morgan fingerprint density at radius 1 is 1.28 bits per heavy atom. The minimum atomic E-state index is 0.0343. The number of pyridine rings is 1. The highest BCUT2D eigenvalue weighted by Crippen LogP contribution is 2.35. The van der Waals surface area contributed by atoms with Gasteiger partial charge in [-0.05, 0) is 36.8 Å². The Morgan fingerprint density at radius 3 is 2.88 bits per heavy atom. The number of aryl methyl sites for hydroxylation is 1. The van der Waals surface area contributed by atoms with E-state index in [2.05, 4.69) is 61.2 Å². The number of rotatable bonds is 4. The molecule has 0 saturated carbocycles. The highest BCUT2D eigenvalue weighted by Gasteiger charge is 2.32. The molecule has 5 heteroatoms. The summed E-state index contributed by atoms with van der Waals surface area (Å²) in [5.41, 5.74) is 3.73. The topological polar surface area (TPSA) is 54.8 Å². The van der Waals surface area contributed by atoms with Crippen LogP contribution in [0.15, 0.2) is 18.3 Å². The van der Waals surface area contributed by atoms with Gasteiger partial charge in [0.15, 0.2) is 0 Å². The van der Waals surface area contributed by atoms with Crippen molar-refractivity contribution in [3.8, 4) is 0 Å². The lowest BCUT2D eigenvalue weighted by Gasteiger charge is -2.26. The van der Waals surface area contributed by atoms with E-state index in [0.29, 0.717) is 12.0 Å². The smallest absolute Gasteiger partial charge is 0.203 e. The van der Waals surface area contributed by atoms with Crippen molar-refractivity contribution >= 4 is 11.8 Å². The van der Waals surface area contributed by atoms with Crippen LogP contribution in [-0.2, 0) is 18.4 Å². The van der Waals surface area contributed by atoms with E-state index >= 15 is 0 Å². The van der Waals surface area contributed by atoms with E-state index in [1.807, 2.05) is 0 Å². The van der Waals surface area contributed by atoms with E-state index < -0.39 is 0 Å². The van der Waals surface area contributed by atoms with E-state index in [4.69, 9.17) is 9.97 Å². The van der Waals surface area contributed by atoms with Crippen molar-refractivity contribution in [2.45, 2.75) is 70.9 Å². The van der Waals surface area contributed by atoms with Gasteiger partial charge in [-0.1, -0.05) is 33.8 Å². The number of fused-ring (bicyclic) bond motifs is 2. The minimum Gasteiger partial charge on any atom is -0.367 e. The molecule has 0 amide bonds. The number of nitrogens with one attached hydrogen (secondary N) is 2. The Bertz CT molecular complexity index is 751. The maximum absolute atomic E-state index is 4.86. The molecule has 0 radical (unpaired) electrons. The summed E-state index contributed by atoms with van der Waals surface area (Å²) < 4.78 is 2.26. The predicted molar refractivity (Wildman–Crippen MR) is 102 cm³/mol. The van der Waals surface area contributed by atoms with Crippen LogP contribution in [0.5, 0.6) is 0 Å². The van der Waals surface area contributed by atoms with E-state index in [-0.39, 0.29) is 5.41 Å². The van der Waals surface area contributed by atoms with Gasteiger partial charge in [0.25, 0.3) is 0 Å². The molecular weight excluding hydrogens is 310 g/mol. The normalized spacial score (nSPS) is 19.3. The number of nitrogens with zero attached hydrogens (tertiary/aromatic N) is 3. The van der Waals surface area contributed by atoms with Crippen LogP contribution in [0.3, 0.4) is 0 Å². The molecule has 5 nitrogen and oxygen atoms in total. The maximum atomic E-state index is 4.86. The van der Waals surface area contributed by atoms with Crippen molar-refractivity contribution < 1.29 is 0 Å². The minimum absolute atomic E-state index is 0.0343. The van der Waals surface area contributed by atoms with Crippen LogP contribution >= 0.6 is 0 Å². The zero-order valence-electron chi connectivity index (χ0n) is 15.8. The second kappa shape index (κ2) is 6.04. The first-order valence-corrected chi connectivity index (χ1v) is 9.50. The second-order valence-corrected chi connectivity index (χ2v) is 8.46. The Balaban J connectivity index is 1.49. The number of hydrogen-bond donors (Lipinski definition) is 2. The maximum Gasteiger partial charge on any atom is 0.203 e. The SMILES string of the molecule is CC(C)c1ccc2c(n1)NC(CC(C)(C)c1cn3c(n1)NCCC3)C2. The highest BCUT2D eigenvalue weighted by atomic mass is 15.2. The van der Waals surface area contributed by atoms with E-state index in [1.54, 1.807) is 0 Å². The van der Waals surface area contributed by atoms with Crippen LogP contribution < -0.4 is 10.6 Å². The molecule has 1 unspecified atom stereocenters. The van der Waals surface area contributed by atoms with Gasteiger partial charge in [-0.2, -0.15) is 0 Å². The lowest BCUT2D eigenvalue weighted by molar-refractivity contribution is 0.432. The second-order valence-electron chi connectivity index (χ2n) is 8.46. The molecule has 2 N–H and O–H groups in total. The largest absolute Gasteiger partial charge is 0.367 e. The molecule has 1 atom stereocenters. The lowest BCUT2D eigenvalue weighted by Crippen LogP contribution is -2.29. The summed E-state index contributed by atoms with van der Waals surface area (Å²) in [5, 5.41) is 7.06. The summed E-state index contributed by atoms with van der Waals surface area (Å²) in [6, 6.07) is 4.84. The van der Waals surface area contributed by atoms with Gasteiger partial charge in [0.05, 0.1) is 5.69 Å². The van der Waals surface area contributed by atoms with Gasteiger partial charge in [-0.15, -0.1) is 0 Å². The van der Waals surface area contributed by atoms with Crippen LogP contribution in [0.25, 0.3) is 0 Å². The molecule has 0 fully saturated rings. The molecule has 0 saturated heterocycles. The van der Waals surface area contributed by atoms with Gasteiger partial charge in [-0.3, -0.25) is 0 Å². The fourth-order valence-corrected chi connectivity index (χ4v) is 3.97. The molecular formula is C20H29N5. The first-order valence-electron chi connectivity index (χ1n) is 9.50. The highest BCUT2D eigenvalue weighted by molar-refractivity contribution is 5.52. The molecule has 2 aliphatic rings. The van der Waals surface area contributed by atoms with Gasteiger partial charge < -0.3 is 15.2 Å². The Hall–Kier alpha value is -2.04. The van der Waals surface area contributed by atoms with E-state index in [9.17, 15) is 0 Å². The summed E-state index contributed by atoms with van der Waals surface area (Å²) in [4.78, 5) is 9.68. The Kier molecular flexibility index (Phi) is 3.97. The Labute approximate surface area is 150 Å². The fourth-order valence-electron chi connectivity index (χ4n) is 3.97. The molecule has 0 bridgehead atoms. The zero-order valence-corrected chi connectivity index (χ0v) is 15.8. The number of aromatic nitrogens is 3. The van der Waals surface area contributed by atoms with Gasteiger partial charge in [0, 0.05) is 36.4 Å². The van der Waals surface area contributed by atoms with Crippen LogP contribution in [0, 0.1) is 0 Å². The summed E-state index contributed by atoms with van der Waals surface area (Å²) >= 11 is 0. The monoisotopic (exact) mass is 339 g/mol. The number of anilines is 2. The number of imidazole rings is 1. The van der Waals surface area contributed by atoms with Crippen molar-refractivity contribution in [3.63, 3.8) is 0 Å². The summed E-state index contributed by atoms with van der Waals surface area (Å²) in [5.74, 6) is 2.57. The summed E-state index contributed by atoms with van der Waals surface area (Å²) in [7, 11) is 0. The Morgan fingerprint density at radius 2 is 2.12 bits per heavy atom.